The van der Waals surface area contributed by atoms with Gasteiger partial charge in [-0.1, -0.05) is 0 Å². The number of hydrogen-bond acceptors (Lipinski definition) is 4. The maximum Gasteiger partial charge on any atom is 0.308 e. The van der Waals surface area contributed by atoms with Crippen LogP contribution in [-0.4, -0.2) is 39.3 Å². The van der Waals surface area contributed by atoms with E-state index >= 15 is 0 Å². The van der Waals surface area contributed by atoms with Crippen LogP contribution in [0.1, 0.15) is 6.42 Å². The molecule has 0 spiro atoms. The number of anilines is 1. The molecule has 0 aromatic carbocycles. The Morgan fingerprint density at radius 1 is 1.37 bits per heavy atom. The quantitative estimate of drug-likeness (QED) is 0.869. The van der Waals surface area contributed by atoms with E-state index in [1.807, 2.05) is 35.4 Å². The molecule has 0 aliphatic carbocycles. The number of carboxylic acid groups (broad SMARTS) is 1. The lowest BCUT2D eigenvalue weighted by Crippen LogP contribution is -2.23. The molecule has 6 nitrogen and oxygen atoms in total. The van der Waals surface area contributed by atoms with E-state index in [2.05, 4.69) is 15.2 Å². The molecule has 1 saturated heterocycles. The smallest absolute Gasteiger partial charge is 0.308 e. The van der Waals surface area contributed by atoms with E-state index in [0.29, 0.717) is 19.5 Å². The molecule has 1 fully saturated rings. The van der Waals surface area contributed by atoms with Crippen LogP contribution in [0.15, 0.2) is 30.5 Å². The van der Waals surface area contributed by atoms with Gasteiger partial charge in [0.25, 0.3) is 0 Å². The van der Waals surface area contributed by atoms with Crippen molar-refractivity contribution in [2.45, 2.75) is 6.42 Å². The van der Waals surface area contributed by atoms with Gasteiger partial charge in [0.15, 0.2) is 5.82 Å². The van der Waals surface area contributed by atoms with E-state index in [4.69, 9.17) is 5.11 Å². The molecule has 1 aliphatic rings. The summed E-state index contributed by atoms with van der Waals surface area (Å²) in [5.41, 5.74) is 1.70. The highest BCUT2D eigenvalue weighted by molar-refractivity contribution is 5.71. The first-order valence-electron chi connectivity index (χ1n) is 6.19. The van der Waals surface area contributed by atoms with Gasteiger partial charge in [0.2, 0.25) is 0 Å². The lowest BCUT2D eigenvalue weighted by Gasteiger charge is -2.15. The Morgan fingerprint density at radius 2 is 2.26 bits per heavy atom. The predicted molar refractivity (Wildman–Crippen MR) is 69.8 cm³/mol. The average Bonchev–Trinajstić information content (AvgIpc) is 3.11. The van der Waals surface area contributed by atoms with Gasteiger partial charge >= 0.3 is 5.97 Å². The molecule has 3 rings (SSSR count). The number of H-pyrrole nitrogens is 1. The van der Waals surface area contributed by atoms with E-state index in [1.165, 1.54) is 0 Å². The maximum atomic E-state index is 10.9. The standard InChI is InChI=1S/C13H14N4O2/c18-13(19)9-5-7-17(8-9)12-4-3-11(15-16-12)10-2-1-6-14-10/h1-4,6,9,14H,5,7-8H2,(H,18,19). The van der Waals surface area contributed by atoms with Gasteiger partial charge in [-0.25, -0.2) is 0 Å². The second kappa shape index (κ2) is 4.72. The molecule has 2 aromatic heterocycles. The van der Waals surface area contributed by atoms with Gasteiger partial charge in [0.1, 0.15) is 5.69 Å². The van der Waals surface area contributed by atoms with Gasteiger partial charge in [-0.3, -0.25) is 4.79 Å². The number of aromatic nitrogens is 3. The molecule has 19 heavy (non-hydrogen) atoms. The highest BCUT2D eigenvalue weighted by Gasteiger charge is 2.28. The molecular formula is C13H14N4O2. The van der Waals surface area contributed by atoms with E-state index in [0.717, 1.165) is 17.2 Å². The van der Waals surface area contributed by atoms with Crippen molar-refractivity contribution in [1.29, 1.82) is 0 Å². The summed E-state index contributed by atoms with van der Waals surface area (Å²) in [5, 5.41) is 17.3. The summed E-state index contributed by atoms with van der Waals surface area (Å²) < 4.78 is 0. The third kappa shape index (κ3) is 2.29. The molecule has 98 valence electrons. The van der Waals surface area contributed by atoms with Crippen molar-refractivity contribution in [3.05, 3.63) is 30.5 Å². The van der Waals surface area contributed by atoms with Gasteiger partial charge in [-0.15, -0.1) is 10.2 Å². The van der Waals surface area contributed by atoms with Gasteiger partial charge in [0.05, 0.1) is 11.6 Å². The summed E-state index contributed by atoms with van der Waals surface area (Å²) in [6.45, 7) is 1.22. The molecule has 0 bridgehead atoms. The fourth-order valence-corrected chi connectivity index (χ4v) is 2.30. The number of rotatable bonds is 3. The van der Waals surface area contributed by atoms with Gasteiger partial charge in [-0.05, 0) is 30.7 Å². The number of carboxylic acids is 1. The number of nitrogens with one attached hydrogen (secondary N) is 1. The summed E-state index contributed by atoms with van der Waals surface area (Å²) >= 11 is 0. The Morgan fingerprint density at radius 3 is 2.84 bits per heavy atom. The van der Waals surface area contributed by atoms with Crippen molar-refractivity contribution in [1.82, 2.24) is 15.2 Å². The lowest BCUT2D eigenvalue weighted by molar-refractivity contribution is -0.140. The van der Waals surface area contributed by atoms with Gasteiger partial charge in [-0.2, -0.15) is 0 Å². The fourth-order valence-electron chi connectivity index (χ4n) is 2.30. The van der Waals surface area contributed by atoms with Crippen molar-refractivity contribution in [3.63, 3.8) is 0 Å². The fraction of sp³-hybridized carbons (Fsp3) is 0.308. The second-order valence-corrected chi connectivity index (χ2v) is 4.63. The third-order valence-corrected chi connectivity index (χ3v) is 3.39. The summed E-state index contributed by atoms with van der Waals surface area (Å²) in [6.07, 6.45) is 2.50. The van der Waals surface area contributed by atoms with Crippen molar-refractivity contribution in [3.8, 4) is 11.4 Å². The van der Waals surface area contributed by atoms with Crippen molar-refractivity contribution >= 4 is 11.8 Å². The number of hydrogen-bond donors (Lipinski definition) is 2. The number of aromatic amines is 1. The molecular weight excluding hydrogens is 244 g/mol. The Hall–Kier alpha value is -2.37. The van der Waals surface area contributed by atoms with Crippen LogP contribution in [0.4, 0.5) is 5.82 Å². The molecule has 1 aliphatic heterocycles. The Kier molecular flexibility index (Phi) is 2.91. The van der Waals surface area contributed by atoms with E-state index in [9.17, 15) is 4.79 Å². The van der Waals surface area contributed by atoms with Crippen LogP contribution in [-0.2, 0) is 4.79 Å². The lowest BCUT2D eigenvalue weighted by atomic mass is 10.1. The molecule has 2 N–H and O–H groups in total. The summed E-state index contributed by atoms with van der Waals surface area (Å²) in [6, 6.07) is 7.61. The molecule has 1 atom stereocenters. The molecule has 1 unspecified atom stereocenters. The largest absolute Gasteiger partial charge is 0.481 e. The Labute approximate surface area is 110 Å². The first-order chi connectivity index (χ1) is 9.24. The van der Waals surface area contributed by atoms with E-state index < -0.39 is 5.97 Å². The second-order valence-electron chi connectivity index (χ2n) is 4.63. The highest BCUT2D eigenvalue weighted by atomic mass is 16.4. The van der Waals surface area contributed by atoms with Crippen LogP contribution in [0.2, 0.25) is 0 Å². The first kappa shape index (κ1) is 11.7. The molecule has 6 heteroatoms. The van der Waals surface area contributed by atoms with Crippen molar-refractivity contribution in [2.24, 2.45) is 5.92 Å². The highest BCUT2D eigenvalue weighted by Crippen LogP contribution is 2.23. The monoisotopic (exact) mass is 258 g/mol. The van der Waals surface area contributed by atoms with Crippen LogP contribution < -0.4 is 4.90 Å². The molecule has 0 saturated carbocycles. The zero-order chi connectivity index (χ0) is 13.2. The maximum absolute atomic E-state index is 10.9. The van der Waals surface area contributed by atoms with E-state index in [-0.39, 0.29) is 5.92 Å². The Balaban J connectivity index is 1.75. The van der Waals surface area contributed by atoms with Gasteiger partial charge in [0, 0.05) is 19.3 Å². The minimum atomic E-state index is -0.738. The minimum absolute atomic E-state index is 0.301. The number of nitrogens with zero attached hydrogens (tertiary/aromatic N) is 3. The Bertz CT molecular complexity index is 565. The summed E-state index contributed by atoms with van der Waals surface area (Å²) in [5.74, 6) is -0.303. The van der Waals surface area contributed by atoms with Crippen molar-refractivity contribution in [2.75, 3.05) is 18.0 Å². The van der Waals surface area contributed by atoms with Crippen molar-refractivity contribution < 1.29 is 9.90 Å². The SMILES string of the molecule is O=C(O)C1CCN(c2ccc(-c3ccc[nH]3)nn2)C1. The summed E-state index contributed by atoms with van der Waals surface area (Å²) in [4.78, 5) is 16.0. The first-order valence-corrected chi connectivity index (χ1v) is 6.19. The van der Waals surface area contributed by atoms with Gasteiger partial charge < -0.3 is 15.0 Å². The van der Waals surface area contributed by atoms with Crippen LogP contribution in [0.25, 0.3) is 11.4 Å². The third-order valence-electron chi connectivity index (χ3n) is 3.39. The zero-order valence-electron chi connectivity index (χ0n) is 10.3. The molecule has 2 aromatic rings. The molecule has 3 heterocycles. The topological polar surface area (TPSA) is 82.1 Å². The predicted octanol–water partition coefficient (Wildman–Crippen LogP) is 1.38. The zero-order valence-corrected chi connectivity index (χ0v) is 10.3. The van der Waals surface area contributed by atoms with Crippen LogP contribution >= 0.6 is 0 Å². The van der Waals surface area contributed by atoms with Crippen LogP contribution in [0, 0.1) is 5.92 Å². The molecule has 0 radical (unpaired) electrons. The number of aliphatic carboxylic acids is 1. The van der Waals surface area contributed by atoms with Crippen LogP contribution in [0.5, 0.6) is 0 Å². The number of carbonyl (C=O) groups is 1. The normalized spacial score (nSPS) is 18.7. The average molecular weight is 258 g/mol. The van der Waals surface area contributed by atoms with E-state index in [1.54, 1.807) is 0 Å². The van der Waals surface area contributed by atoms with Crippen LogP contribution in [0.3, 0.4) is 0 Å². The minimum Gasteiger partial charge on any atom is -0.481 e. The molecule has 0 amide bonds. The summed E-state index contributed by atoms with van der Waals surface area (Å²) in [7, 11) is 0.